The third-order valence-corrected chi connectivity index (χ3v) is 5.05. The van der Waals surface area contributed by atoms with Gasteiger partial charge in [-0.15, -0.1) is 0 Å². The van der Waals surface area contributed by atoms with Crippen molar-refractivity contribution in [1.29, 1.82) is 0 Å². The van der Waals surface area contributed by atoms with Crippen LogP contribution in [0, 0.1) is 5.92 Å². The van der Waals surface area contributed by atoms with Crippen molar-refractivity contribution in [1.82, 2.24) is 0 Å². The summed E-state index contributed by atoms with van der Waals surface area (Å²) in [7, 11) is 0. The summed E-state index contributed by atoms with van der Waals surface area (Å²) in [5.41, 5.74) is 2.96. The molecule has 1 aliphatic carbocycles. The second-order valence-electron chi connectivity index (χ2n) is 6.57. The number of aryl methyl sites for hydroxylation is 1. The lowest BCUT2D eigenvalue weighted by Crippen LogP contribution is -2.20. The zero-order valence-corrected chi connectivity index (χ0v) is 13.7. The van der Waals surface area contributed by atoms with Gasteiger partial charge < -0.3 is 0 Å². The van der Waals surface area contributed by atoms with Gasteiger partial charge >= 0.3 is 0 Å². The fourth-order valence-corrected chi connectivity index (χ4v) is 3.57. The molecule has 0 heterocycles. The highest BCUT2D eigenvalue weighted by atomic mass is 16.1. The quantitative estimate of drug-likeness (QED) is 0.590. The van der Waals surface area contributed by atoms with Crippen molar-refractivity contribution in [2.24, 2.45) is 5.92 Å². The zero-order valence-electron chi connectivity index (χ0n) is 13.7. The number of carbonyl (C=O) groups is 1. The zero-order chi connectivity index (χ0) is 15.1. The SMILES string of the molecule is CCCCCc1ccc(C2CCC(C(=O)CC)CC2)cc1. The number of hydrogen-bond donors (Lipinski definition) is 0. The molecular weight excluding hydrogens is 256 g/mol. The van der Waals surface area contributed by atoms with Crippen LogP contribution in [0.4, 0.5) is 0 Å². The van der Waals surface area contributed by atoms with E-state index in [0.717, 1.165) is 12.8 Å². The molecule has 1 fully saturated rings. The molecule has 2 rings (SSSR count). The van der Waals surface area contributed by atoms with Crippen LogP contribution in [0.3, 0.4) is 0 Å². The van der Waals surface area contributed by atoms with Crippen molar-refractivity contribution in [3.63, 3.8) is 0 Å². The van der Waals surface area contributed by atoms with Crippen LogP contribution in [0.2, 0.25) is 0 Å². The average Bonchev–Trinajstić information content (AvgIpc) is 2.55. The largest absolute Gasteiger partial charge is 0.299 e. The summed E-state index contributed by atoms with van der Waals surface area (Å²) in [5, 5.41) is 0. The van der Waals surface area contributed by atoms with Crippen LogP contribution in [-0.4, -0.2) is 5.78 Å². The molecule has 0 bridgehead atoms. The molecule has 0 radical (unpaired) electrons. The highest BCUT2D eigenvalue weighted by Crippen LogP contribution is 2.36. The molecule has 0 N–H and O–H groups in total. The molecule has 0 aromatic heterocycles. The second kappa shape index (κ2) is 8.36. The van der Waals surface area contributed by atoms with E-state index < -0.39 is 0 Å². The summed E-state index contributed by atoms with van der Waals surface area (Å²) >= 11 is 0. The minimum Gasteiger partial charge on any atom is -0.299 e. The van der Waals surface area contributed by atoms with Gasteiger partial charge in [-0.25, -0.2) is 0 Å². The van der Waals surface area contributed by atoms with Crippen LogP contribution in [0.25, 0.3) is 0 Å². The predicted molar refractivity (Wildman–Crippen MR) is 89.7 cm³/mol. The van der Waals surface area contributed by atoms with E-state index in [0.29, 0.717) is 24.0 Å². The fourth-order valence-electron chi connectivity index (χ4n) is 3.57. The summed E-state index contributed by atoms with van der Waals surface area (Å²) in [6.45, 7) is 4.24. The number of hydrogen-bond acceptors (Lipinski definition) is 1. The van der Waals surface area contributed by atoms with Gasteiger partial charge in [0.2, 0.25) is 0 Å². The second-order valence-corrected chi connectivity index (χ2v) is 6.57. The van der Waals surface area contributed by atoms with Crippen molar-refractivity contribution in [2.75, 3.05) is 0 Å². The number of Topliss-reactive ketones (excluding diaryl/α,β-unsaturated/α-hetero) is 1. The van der Waals surface area contributed by atoms with Crippen LogP contribution in [0.5, 0.6) is 0 Å². The van der Waals surface area contributed by atoms with E-state index in [-0.39, 0.29) is 0 Å². The lowest BCUT2D eigenvalue weighted by Gasteiger charge is -2.28. The van der Waals surface area contributed by atoms with Gasteiger partial charge in [-0.1, -0.05) is 51.0 Å². The molecule has 1 aromatic carbocycles. The Morgan fingerprint density at radius 2 is 1.67 bits per heavy atom. The van der Waals surface area contributed by atoms with E-state index in [2.05, 4.69) is 31.2 Å². The summed E-state index contributed by atoms with van der Waals surface area (Å²) in [4.78, 5) is 11.8. The maximum absolute atomic E-state index is 11.8. The van der Waals surface area contributed by atoms with E-state index in [4.69, 9.17) is 0 Å². The lowest BCUT2D eigenvalue weighted by atomic mass is 9.76. The van der Waals surface area contributed by atoms with Crippen molar-refractivity contribution < 1.29 is 4.79 Å². The minimum absolute atomic E-state index is 0.347. The topological polar surface area (TPSA) is 17.1 Å². The van der Waals surface area contributed by atoms with Crippen LogP contribution < -0.4 is 0 Å². The fraction of sp³-hybridized carbons (Fsp3) is 0.650. The van der Waals surface area contributed by atoms with Crippen molar-refractivity contribution >= 4 is 5.78 Å². The summed E-state index contributed by atoms with van der Waals surface area (Å²) < 4.78 is 0. The summed E-state index contributed by atoms with van der Waals surface area (Å²) in [5.74, 6) is 1.50. The Morgan fingerprint density at radius 3 is 2.24 bits per heavy atom. The molecule has 1 heteroatoms. The maximum Gasteiger partial charge on any atom is 0.135 e. The minimum atomic E-state index is 0.347. The number of carbonyl (C=O) groups excluding carboxylic acids is 1. The molecule has 1 nitrogen and oxygen atoms in total. The Bertz CT molecular complexity index is 424. The first-order valence-corrected chi connectivity index (χ1v) is 8.86. The van der Waals surface area contributed by atoms with E-state index >= 15 is 0 Å². The van der Waals surface area contributed by atoms with Crippen molar-refractivity contribution in [2.45, 2.75) is 77.6 Å². The number of ketones is 1. The Hall–Kier alpha value is -1.11. The normalized spacial score (nSPS) is 22.2. The molecule has 0 spiro atoms. The monoisotopic (exact) mass is 286 g/mol. The molecule has 1 saturated carbocycles. The van der Waals surface area contributed by atoms with Gasteiger partial charge in [0.05, 0.1) is 0 Å². The van der Waals surface area contributed by atoms with E-state index in [1.807, 2.05) is 6.92 Å². The first-order valence-electron chi connectivity index (χ1n) is 8.86. The lowest BCUT2D eigenvalue weighted by molar-refractivity contribution is -0.123. The van der Waals surface area contributed by atoms with Gasteiger partial charge in [0.1, 0.15) is 5.78 Å². The van der Waals surface area contributed by atoms with Crippen LogP contribution >= 0.6 is 0 Å². The standard InChI is InChI=1S/C20H30O/c1-3-5-6-7-16-8-10-17(11-9-16)18-12-14-19(15-13-18)20(21)4-2/h8-11,18-19H,3-7,12-15H2,1-2H3. The number of benzene rings is 1. The summed E-state index contributed by atoms with van der Waals surface area (Å²) in [6.07, 6.45) is 10.4. The average molecular weight is 286 g/mol. The van der Waals surface area contributed by atoms with Gasteiger partial charge in [-0.3, -0.25) is 4.79 Å². The Morgan fingerprint density at radius 1 is 1.00 bits per heavy atom. The Kier molecular flexibility index (Phi) is 6.48. The molecule has 1 aromatic rings. The number of rotatable bonds is 7. The van der Waals surface area contributed by atoms with Crippen molar-refractivity contribution in [3.8, 4) is 0 Å². The molecule has 21 heavy (non-hydrogen) atoms. The van der Waals surface area contributed by atoms with Gasteiger partial charge in [0, 0.05) is 12.3 Å². The molecule has 1 aliphatic rings. The first kappa shape index (κ1) is 16.3. The third-order valence-electron chi connectivity index (χ3n) is 5.05. The van der Waals surface area contributed by atoms with Gasteiger partial charge in [0.25, 0.3) is 0 Å². The predicted octanol–water partition coefficient (Wildman–Crippen LogP) is 5.67. The maximum atomic E-state index is 11.8. The molecule has 0 saturated heterocycles. The molecule has 116 valence electrons. The smallest absolute Gasteiger partial charge is 0.135 e. The van der Waals surface area contributed by atoms with E-state index in [9.17, 15) is 4.79 Å². The van der Waals surface area contributed by atoms with Crippen LogP contribution in [0.15, 0.2) is 24.3 Å². The highest BCUT2D eigenvalue weighted by molar-refractivity contribution is 5.80. The van der Waals surface area contributed by atoms with E-state index in [1.165, 1.54) is 49.7 Å². The molecule has 0 aliphatic heterocycles. The molecular formula is C20H30O. The van der Waals surface area contributed by atoms with Gasteiger partial charge in [0.15, 0.2) is 0 Å². The summed E-state index contributed by atoms with van der Waals surface area (Å²) in [6, 6.07) is 9.28. The van der Waals surface area contributed by atoms with Crippen LogP contribution in [0.1, 0.15) is 82.3 Å². The van der Waals surface area contributed by atoms with Crippen LogP contribution in [-0.2, 0) is 11.2 Å². The Labute approximate surface area is 130 Å². The van der Waals surface area contributed by atoms with E-state index in [1.54, 1.807) is 0 Å². The molecule has 0 amide bonds. The first-order chi connectivity index (χ1) is 10.2. The highest BCUT2D eigenvalue weighted by Gasteiger charge is 2.25. The Balaban J connectivity index is 1.84. The van der Waals surface area contributed by atoms with Gasteiger partial charge in [-0.2, -0.15) is 0 Å². The third kappa shape index (κ3) is 4.69. The molecule has 0 unspecified atom stereocenters. The van der Waals surface area contributed by atoms with Crippen molar-refractivity contribution in [3.05, 3.63) is 35.4 Å². The van der Waals surface area contributed by atoms with Gasteiger partial charge in [-0.05, 0) is 55.6 Å². The number of unbranched alkanes of at least 4 members (excludes halogenated alkanes) is 2. The molecule has 0 atom stereocenters.